The van der Waals surface area contributed by atoms with E-state index in [1.807, 2.05) is 0 Å². The number of piperidine rings is 1. The summed E-state index contributed by atoms with van der Waals surface area (Å²) in [5.41, 5.74) is -1.17. The molecule has 0 bridgehead atoms. The van der Waals surface area contributed by atoms with Crippen LogP contribution in [0.4, 0.5) is 4.39 Å². The zero-order valence-corrected chi connectivity index (χ0v) is 21.1. The van der Waals surface area contributed by atoms with Gasteiger partial charge in [-0.3, -0.25) is 19.0 Å². The van der Waals surface area contributed by atoms with Crippen LogP contribution < -0.4 is 10.9 Å². The number of benzene rings is 1. The van der Waals surface area contributed by atoms with Crippen LogP contribution in [0.25, 0.3) is 5.69 Å². The first-order valence-electron chi connectivity index (χ1n) is 12.4. The molecule has 2 aromatic heterocycles. The average Bonchev–Trinajstić information content (AvgIpc) is 3.25. The van der Waals surface area contributed by atoms with E-state index >= 15 is 0 Å². The summed E-state index contributed by atoms with van der Waals surface area (Å²) < 4.78 is 23.0. The molecule has 0 radical (unpaired) electrons. The summed E-state index contributed by atoms with van der Waals surface area (Å²) in [6.07, 6.45) is 2.68. The molecule has 38 heavy (non-hydrogen) atoms. The van der Waals surface area contributed by atoms with Crippen LogP contribution in [0.15, 0.2) is 29.3 Å². The van der Waals surface area contributed by atoms with Gasteiger partial charge in [-0.05, 0) is 31.0 Å². The standard InChI is InChI=1S/C25H28FN7O5/c1-15-28-14-29-33(15)19-12-18(26)5-4-17(19)13-27-22(36)20-21(35)23(37)32-8-3-11-38-25(24(32)30-20)6-9-31(10-7-25)16(2)34/h4-5,12,14,35H,3,6-11,13H2,1-2H3,(H,27,36). The number of carbonyl (C=O) groups is 2. The Hall–Kier alpha value is -4.13. The monoisotopic (exact) mass is 525 g/mol. The van der Waals surface area contributed by atoms with Crippen molar-refractivity contribution in [3.05, 3.63) is 63.6 Å². The zero-order chi connectivity index (χ0) is 27.0. The van der Waals surface area contributed by atoms with Crippen molar-refractivity contribution in [2.75, 3.05) is 19.7 Å². The van der Waals surface area contributed by atoms with Crippen LogP contribution in [-0.4, -0.2) is 65.8 Å². The van der Waals surface area contributed by atoms with Crippen LogP contribution >= 0.6 is 0 Å². The Bertz CT molecular complexity index is 1460. The number of hydrogen-bond acceptors (Lipinski definition) is 8. The summed E-state index contributed by atoms with van der Waals surface area (Å²) in [5, 5.41) is 17.5. The van der Waals surface area contributed by atoms with Crippen molar-refractivity contribution >= 4 is 11.8 Å². The van der Waals surface area contributed by atoms with E-state index in [0.29, 0.717) is 56.0 Å². The van der Waals surface area contributed by atoms with Crippen molar-refractivity contribution in [2.45, 2.75) is 51.8 Å². The van der Waals surface area contributed by atoms with Crippen molar-refractivity contribution in [1.29, 1.82) is 0 Å². The Balaban J connectivity index is 1.46. The third kappa shape index (κ3) is 4.53. The molecule has 1 spiro atoms. The highest BCUT2D eigenvalue weighted by Crippen LogP contribution is 2.37. The van der Waals surface area contributed by atoms with E-state index in [9.17, 15) is 23.9 Å². The second kappa shape index (κ2) is 9.97. The molecule has 1 fully saturated rings. The molecule has 2 N–H and O–H groups in total. The van der Waals surface area contributed by atoms with Crippen LogP contribution in [0.5, 0.6) is 5.75 Å². The maximum Gasteiger partial charge on any atom is 0.296 e. The largest absolute Gasteiger partial charge is 0.501 e. The number of halogens is 1. The molecule has 5 rings (SSSR count). The first-order valence-corrected chi connectivity index (χ1v) is 12.4. The Kier molecular flexibility index (Phi) is 6.69. The Morgan fingerprint density at radius 1 is 1.24 bits per heavy atom. The fourth-order valence-electron chi connectivity index (χ4n) is 5.04. The molecule has 2 amide bonds. The van der Waals surface area contributed by atoms with E-state index in [2.05, 4.69) is 20.4 Å². The second-order valence-corrected chi connectivity index (χ2v) is 9.47. The van der Waals surface area contributed by atoms with E-state index in [0.717, 1.165) is 0 Å². The van der Waals surface area contributed by atoms with Gasteiger partial charge in [0.1, 0.15) is 29.4 Å². The number of hydrogen-bond donors (Lipinski definition) is 2. The maximum atomic E-state index is 14.0. The summed E-state index contributed by atoms with van der Waals surface area (Å²) in [5.74, 6) is -1.26. The summed E-state index contributed by atoms with van der Waals surface area (Å²) in [6, 6.07) is 4.05. The van der Waals surface area contributed by atoms with Crippen molar-refractivity contribution < 1.29 is 23.8 Å². The van der Waals surface area contributed by atoms with Crippen molar-refractivity contribution in [3.8, 4) is 11.4 Å². The van der Waals surface area contributed by atoms with Crippen molar-refractivity contribution in [1.82, 2.24) is 34.5 Å². The third-order valence-electron chi connectivity index (χ3n) is 7.12. The molecule has 13 heteroatoms. The maximum absolute atomic E-state index is 14.0. The van der Waals surface area contributed by atoms with Gasteiger partial charge in [0.25, 0.3) is 11.5 Å². The van der Waals surface area contributed by atoms with Crippen LogP contribution in [0.2, 0.25) is 0 Å². The molecule has 1 saturated heterocycles. The lowest BCUT2D eigenvalue weighted by atomic mass is 9.89. The smallest absolute Gasteiger partial charge is 0.296 e. The minimum absolute atomic E-state index is 0.0501. The Labute approximate surface area is 217 Å². The lowest BCUT2D eigenvalue weighted by Crippen LogP contribution is -2.48. The molecular weight excluding hydrogens is 497 g/mol. The highest BCUT2D eigenvalue weighted by Gasteiger charge is 2.43. The van der Waals surface area contributed by atoms with Gasteiger partial charge in [0.15, 0.2) is 5.69 Å². The van der Waals surface area contributed by atoms with Crippen molar-refractivity contribution in [3.63, 3.8) is 0 Å². The van der Waals surface area contributed by atoms with E-state index < -0.39 is 34.3 Å². The summed E-state index contributed by atoms with van der Waals surface area (Å²) in [4.78, 5) is 48.5. The molecule has 3 aromatic rings. The van der Waals surface area contributed by atoms with E-state index in [1.54, 1.807) is 11.8 Å². The van der Waals surface area contributed by atoms with Crippen molar-refractivity contribution in [2.24, 2.45) is 0 Å². The molecule has 0 atom stereocenters. The minimum atomic E-state index is -0.959. The summed E-state index contributed by atoms with van der Waals surface area (Å²) >= 11 is 0. The Morgan fingerprint density at radius 3 is 2.68 bits per heavy atom. The number of carbonyl (C=O) groups excluding carboxylic acids is 2. The van der Waals surface area contributed by atoms with Gasteiger partial charge in [0, 0.05) is 52.6 Å². The van der Waals surface area contributed by atoms with Crippen LogP contribution in [0.3, 0.4) is 0 Å². The number of aryl methyl sites for hydroxylation is 1. The number of rotatable bonds is 4. The fourth-order valence-corrected chi connectivity index (χ4v) is 5.04. The predicted molar refractivity (Wildman–Crippen MR) is 131 cm³/mol. The lowest BCUT2D eigenvalue weighted by Gasteiger charge is -2.40. The van der Waals surface area contributed by atoms with Gasteiger partial charge in [-0.15, -0.1) is 0 Å². The first-order chi connectivity index (χ1) is 18.2. The molecule has 2 aliphatic rings. The molecule has 1 aromatic carbocycles. The van der Waals surface area contributed by atoms with E-state index in [-0.39, 0.29) is 24.8 Å². The van der Waals surface area contributed by atoms with Gasteiger partial charge in [0.2, 0.25) is 11.7 Å². The molecule has 200 valence electrons. The van der Waals surface area contributed by atoms with Gasteiger partial charge in [-0.25, -0.2) is 19.0 Å². The SMILES string of the molecule is CC(=O)N1CCC2(CC1)OCCCn1c2nc(C(=O)NCc2ccc(F)cc2-n2ncnc2C)c(O)c1=O. The van der Waals surface area contributed by atoms with Gasteiger partial charge in [0.05, 0.1) is 5.69 Å². The number of likely N-dealkylation sites (tertiary alicyclic amines) is 1. The van der Waals surface area contributed by atoms with Gasteiger partial charge in [-0.2, -0.15) is 5.10 Å². The molecule has 12 nitrogen and oxygen atoms in total. The second-order valence-electron chi connectivity index (χ2n) is 9.47. The number of nitrogens with zero attached hydrogens (tertiary/aromatic N) is 6. The molecule has 0 aliphatic carbocycles. The zero-order valence-electron chi connectivity index (χ0n) is 21.1. The average molecular weight is 526 g/mol. The van der Waals surface area contributed by atoms with E-state index in [1.165, 1.54) is 40.7 Å². The number of fused-ring (bicyclic) bond motifs is 2. The minimum Gasteiger partial charge on any atom is -0.501 e. The molecule has 0 unspecified atom stereocenters. The number of aromatic nitrogens is 5. The lowest BCUT2D eigenvalue weighted by molar-refractivity contribution is -0.137. The molecule has 2 aliphatic heterocycles. The number of ether oxygens (including phenoxy) is 1. The summed E-state index contributed by atoms with van der Waals surface area (Å²) in [7, 11) is 0. The number of aromatic hydroxyl groups is 1. The number of amides is 2. The van der Waals surface area contributed by atoms with Gasteiger partial charge < -0.3 is 20.1 Å². The fraction of sp³-hybridized carbons (Fsp3) is 0.440. The van der Waals surface area contributed by atoms with Crippen LogP contribution in [-0.2, 0) is 28.2 Å². The normalized spacial score (nSPS) is 16.7. The third-order valence-corrected chi connectivity index (χ3v) is 7.12. The highest BCUT2D eigenvalue weighted by atomic mass is 19.1. The molecule has 0 saturated carbocycles. The molecule has 4 heterocycles. The van der Waals surface area contributed by atoms with Gasteiger partial charge in [-0.1, -0.05) is 6.07 Å². The highest BCUT2D eigenvalue weighted by molar-refractivity contribution is 5.94. The molecular formula is C25H28FN7O5. The summed E-state index contributed by atoms with van der Waals surface area (Å²) in [6.45, 7) is 4.66. The predicted octanol–water partition coefficient (Wildman–Crippen LogP) is 1.17. The quantitative estimate of drug-likeness (QED) is 0.517. The van der Waals surface area contributed by atoms with Crippen LogP contribution in [0, 0.1) is 12.7 Å². The van der Waals surface area contributed by atoms with E-state index in [4.69, 9.17) is 4.74 Å². The van der Waals surface area contributed by atoms with Crippen LogP contribution in [0.1, 0.15) is 53.9 Å². The van der Waals surface area contributed by atoms with Gasteiger partial charge >= 0.3 is 0 Å². The first kappa shape index (κ1) is 25.5. The number of nitrogens with one attached hydrogen (secondary N) is 1. The Morgan fingerprint density at radius 2 is 2.00 bits per heavy atom. The topological polar surface area (TPSA) is 144 Å².